The van der Waals surface area contributed by atoms with Crippen molar-refractivity contribution in [1.82, 2.24) is 9.78 Å². The molecule has 2 saturated carbocycles. The Kier molecular flexibility index (Phi) is 6.46. The Morgan fingerprint density at radius 1 is 1.00 bits per heavy atom. The van der Waals surface area contributed by atoms with Gasteiger partial charge in [-0.25, -0.2) is 0 Å². The van der Waals surface area contributed by atoms with E-state index in [9.17, 15) is 20.4 Å². The maximum atomic E-state index is 10.5. The van der Waals surface area contributed by atoms with E-state index in [-0.39, 0.29) is 0 Å². The lowest BCUT2D eigenvalue weighted by Gasteiger charge is -2.39. The van der Waals surface area contributed by atoms with Crippen molar-refractivity contribution in [2.75, 3.05) is 6.61 Å². The second-order valence-electron chi connectivity index (χ2n) is 9.76. The van der Waals surface area contributed by atoms with Crippen LogP contribution < -0.4 is 4.74 Å². The summed E-state index contributed by atoms with van der Waals surface area (Å²) in [4.78, 5) is 0. The van der Waals surface area contributed by atoms with Crippen molar-refractivity contribution in [3.8, 4) is 5.88 Å². The second-order valence-corrected chi connectivity index (χ2v) is 9.76. The molecule has 0 amide bonds. The predicted molar refractivity (Wildman–Crippen MR) is 120 cm³/mol. The standard InChI is InChI=1S/C25H34N2O6/c1-14-19(12-15-6-8-16(9-7-15)17-10-11-17)24(26-27(14)18-4-2-3-5-18)33-25-23(31)22(30)21(29)20(13-28)32-25/h6-9,17-18,20-23,25,28-31H,2-5,10-13H2,1H3/t20-,21-,22+,23-,25+/m1/s1. The minimum atomic E-state index is -1.49. The van der Waals surface area contributed by atoms with Gasteiger partial charge in [0.15, 0.2) is 0 Å². The Labute approximate surface area is 193 Å². The first-order valence-corrected chi connectivity index (χ1v) is 12.1. The van der Waals surface area contributed by atoms with Crippen molar-refractivity contribution in [2.45, 2.75) is 94.5 Å². The molecule has 3 fully saturated rings. The van der Waals surface area contributed by atoms with Crippen molar-refractivity contribution in [3.63, 3.8) is 0 Å². The fraction of sp³-hybridized carbons (Fsp3) is 0.640. The summed E-state index contributed by atoms with van der Waals surface area (Å²) in [6.07, 6.45) is 0.983. The van der Waals surface area contributed by atoms with E-state index < -0.39 is 37.3 Å². The van der Waals surface area contributed by atoms with Gasteiger partial charge in [-0.1, -0.05) is 37.1 Å². The first-order valence-electron chi connectivity index (χ1n) is 12.1. The van der Waals surface area contributed by atoms with Crippen LogP contribution in [0.5, 0.6) is 5.88 Å². The first kappa shape index (κ1) is 22.8. The molecule has 8 heteroatoms. The van der Waals surface area contributed by atoms with Gasteiger partial charge in [-0.15, -0.1) is 5.10 Å². The number of ether oxygens (including phenoxy) is 2. The molecule has 1 saturated heterocycles. The average molecular weight is 459 g/mol. The number of rotatable bonds is 7. The molecule has 2 aromatic rings. The minimum Gasteiger partial charge on any atom is -0.443 e. The second kappa shape index (κ2) is 9.35. The largest absolute Gasteiger partial charge is 0.443 e. The molecule has 0 radical (unpaired) electrons. The van der Waals surface area contributed by atoms with Crippen molar-refractivity contribution in [2.24, 2.45) is 0 Å². The van der Waals surface area contributed by atoms with E-state index in [2.05, 4.69) is 24.3 Å². The lowest BCUT2D eigenvalue weighted by atomic mass is 9.99. The van der Waals surface area contributed by atoms with Crippen LogP contribution in [0.15, 0.2) is 24.3 Å². The molecule has 33 heavy (non-hydrogen) atoms. The molecule has 2 aliphatic carbocycles. The van der Waals surface area contributed by atoms with Crippen LogP contribution in [0.2, 0.25) is 0 Å². The highest BCUT2D eigenvalue weighted by atomic mass is 16.7. The zero-order chi connectivity index (χ0) is 23.1. The highest BCUT2D eigenvalue weighted by Crippen LogP contribution is 2.40. The summed E-state index contributed by atoms with van der Waals surface area (Å²) in [5.74, 6) is 1.06. The Morgan fingerprint density at radius 3 is 2.33 bits per heavy atom. The molecule has 8 nitrogen and oxygen atoms in total. The fourth-order valence-corrected chi connectivity index (χ4v) is 5.13. The summed E-state index contributed by atoms with van der Waals surface area (Å²) in [5.41, 5.74) is 4.47. The molecule has 0 unspecified atom stereocenters. The first-order chi connectivity index (χ1) is 16.0. The van der Waals surface area contributed by atoms with Gasteiger partial charge >= 0.3 is 0 Å². The zero-order valence-corrected chi connectivity index (χ0v) is 19.0. The summed E-state index contributed by atoms with van der Waals surface area (Å²) in [7, 11) is 0. The number of aliphatic hydroxyl groups is 4. The number of aliphatic hydroxyl groups excluding tert-OH is 4. The van der Waals surface area contributed by atoms with E-state index in [4.69, 9.17) is 14.6 Å². The number of hydrogen-bond acceptors (Lipinski definition) is 7. The molecule has 1 aromatic carbocycles. The number of nitrogens with zero attached hydrogens (tertiary/aromatic N) is 2. The van der Waals surface area contributed by atoms with Crippen molar-refractivity contribution in [1.29, 1.82) is 0 Å². The van der Waals surface area contributed by atoms with Crippen LogP contribution in [0.3, 0.4) is 0 Å². The molecule has 1 aliphatic heterocycles. The smallest absolute Gasteiger partial charge is 0.239 e. The van der Waals surface area contributed by atoms with Gasteiger partial charge in [-0.3, -0.25) is 4.68 Å². The van der Waals surface area contributed by atoms with E-state index in [0.29, 0.717) is 24.3 Å². The fourth-order valence-electron chi connectivity index (χ4n) is 5.13. The molecule has 5 rings (SSSR count). The molecular weight excluding hydrogens is 424 g/mol. The van der Waals surface area contributed by atoms with Crippen LogP contribution in [0, 0.1) is 6.92 Å². The van der Waals surface area contributed by atoms with E-state index >= 15 is 0 Å². The molecule has 3 aliphatic rings. The molecule has 5 atom stereocenters. The van der Waals surface area contributed by atoms with Crippen molar-refractivity contribution >= 4 is 0 Å². The number of benzene rings is 1. The summed E-state index contributed by atoms with van der Waals surface area (Å²) in [6, 6.07) is 9.01. The summed E-state index contributed by atoms with van der Waals surface area (Å²) >= 11 is 0. The van der Waals surface area contributed by atoms with Gasteiger partial charge < -0.3 is 29.9 Å². The lowest BCUT2D eigenvalue weighted by Crippen LogP contribution is -2.60. The van der Waals surface area contributed by atoms with Gasteiger partial charge in [-0.05, 0) is 49.7 Å². The van der Waals surface area contributed by atoms with Crippen molar-refractivity contribution in [3.05, 3.63) is 46.6 Å². The van der Waals surface area contributed by atoms with Crippen LogP contribution in [0.4, 0.5) is 0 Å². The molecule has 0 bridgehead atoms. The third-order valence-corrected chi connectivity index (χ3v) is 7.39. The van der Waals surface area contributed by atoms with Crippen molar-refractivity contribution < 1.29 is 29.9 Å². The summed E-state index contributed by atoms with van der Waals surface area (Å²) in [5, 5.41) is 45.0. The third kappa shape index (κ3) is 4.55. The molecule has 2 heterocycles. The summed E-state index contributed by atoms with van der Waals surface area (Å²) in [6.45, 7) is 1.54. The molecule has 4 N–H and O–H groups in total. The highest BCUT2D eigenvalue weighted by Gasteiger charge is 2.45. The normalized spacial score (nSPS) is 30.6. The van der Waals surface area contributed by atoms with Crippen LogP contribution in [-0.4, -0.2) is 67.5 Å². The molecular formula is C25H34N2O6. The highest BCUT2D eigenvalue weighted by molar-refractivity contribution is 5.38. The van der Waals surface area contributed by atoms with E-state index in [1.807, 2.05) is 11.6 Å². The third-order valence-electron chi connectivity index (χ3n) is 7.39. The van der Waals surface area contributed by atoms with Gasteiger partial charge in [0.25, 0.3) is 0 Å². The maximum Gasteiger partial charge on any atom is 0.239 e. The van der Waals surface area contributed by atoms with E-state index in [1.165, 1.54) is 31.2 Å². The number of hydrogen-bond donors (Lipinski definition) is 4. The SMILES string of the molecule is Cc1c(Cc2ccc(C3CC3)cc2)c(O[C@@H]2O[C@H](CO)[C@@H](O)[C@H](O)[C@H]2O)nn1C1CCCC1. The van der Waals surface area contributed by atoms with Gasteiger partial charge in [0.1, 0.15) is 24.4 Å². The maximum absolute atomic E-state index is 10.5. The molecule has 180 valence electrons. The molecule has 1 aromatic heterocycles. The van der Waals surface area contributed by atoms with Crippen LogP contribution >= 0.6 is 0 Å². The van der Waals surface area contributed by atoms with Crippen LogP contribution in [-0.2, 0) is 11.2 Å². The lowest BCUT2D eigenvalue weighted by molar-refractivity contribution is -0.278. The molecule has 0 spiro atoms. The van der Waals surface area contributed by atoms with Gasteiger partial charge in [0.05, 0.1) is 12.6 Å². The zero-order valence-electron chi connectivity index (χ0n) is 19.0. The van der Waals surface area contributed by atoms with Gasteiger partial charge in [0.2, 0.25) is 12.2 Å². The predicted octanol–water partition coefficient (Wildman–Crippen LogP) is 1.95. The minimum absolute atomic E-state index is 0.313. The Morgan fingerprint density at radius 2 is 1.70 bits per heavy atom. The quantitative estimate of drug-likeness (QED) is 0.501. The van der Waals surface area contributed by atoms with E-state index in [0.717, 1.165) is 29.7 Å². The van der Waals surface area contributed by atoms with E-state index in [1.54, 1.807) is 0 Å². The van der Waals surface area contributed by atoms with Gasteiger partial charge in [0, 0.05) is 17.7 Å². The topological polar surface area (TPSA) is 117 Å². The number of aromatic nitrogens is 2. The van der Waals surface area contributed by atoms with Crippen LogP contribution in [0.1, 0.15) is 72.9 Å². The van der Waals surface area contributed by atoms with Gasteiger partial charge in [-0.2, -0.15) is 0 Å². The Bertz CT molecular complexity index is 949. The monoisotopic (exact) mass is 458 g/mol. The average Bonchev–Trinajstić information content (AvgIpc) is 3.45. The Hall–Kier alpha value is -1.97. The van der Waals surface area contributed by atoms with Crippen LogP contribution in [0.25, 0.3) is 0 Å². The summed E-state index contributed by atoms with van der Waals surface area (Å²) < 4.78 is 13.6. The Balaban J connectivity index is 1.43.